The molecule has 29 heavy (non-hydrogen) atoms. The molecule has 1 atom stereocenters. The zero-order valence-corrected chi connectivity index (χ0v) is 19.0. The summed E-state index contributed by atoms with van der Waals surface area (Å²) >= 11 is 0. The summed E-state index contributed by atoms with van der Waals surface area (Å²) < 4.78 is 6.13. The molecule has 1 aromatic heterocycles. The SMILES string of the molecule is CCCCCCCCCc1ccnc(-c2ccccc2OCCCC(C)CC)c1. The first kappa shape index (κ1) is 23.4. The lowest BCUT2D eigenvalue weighted by Crippen LogP contribution is -2.02. The fraction of sp³-hybridized carbons (Fsp3) is 0.593. The molecule has 1 unspecified atom stereocenters. The van der Waals surface area contributed by atoms with Gasteiger partial charge in [0, 0.05) is 11.8 Å². The van der Waals surface area contributed by atoms with Crippen molar-refractivity contribution in [3.05, 3.63) is 48.2 Å². The summed E-state index contributed by atoms with van der Waals surface area (Å²) in [4.78, 5) is 4.64. The van der Waals surface area contributed by atoms with Crippen molar-refractivity contribution in [2.24, 2.45) is 5.92 Å². The lowest BCUT2D eigenvalue weighted by Gasteiger charge is -2.13. The van der Waals surface area contributed by atoms with E-state index in [0.717, 1.165) is 42.4 Å². The third-order valence-corrected chi connectivity index (χ3v) is 5.85. The molecule has 2 nitrogen and oxygen atoms in total. The van der Waals surface area contributed by atoms with Crippen molar-refractivity contribution in [3.63, 3.8) is 0 Å². The van der Waals surface area contributed by atoms with Crippen molar-refractivity contribution in [1.29, 1.82) is 0 Å². The Morgan fingerprint density at radius 3 is 2.45 bits per heavy atom. The van der Waals surface area contributed by atoms with E-state index in [4.69, 9.17) is 4.74 Å². The second-order valence-corrected chi connectivity index (χ2v) is 8.42. The Bertz CT molecular complexity index is 682. The van der Waals surface area contributed by atoms with Gasteiger partial charge in [0.15, 0.2) is 0 Å². The Hall–Kier alpha value is -1.83. The molecular formula is C27H41NO. The Labute approximate surface area is 179 Å². The molecule has 0 amide bonds. The topological polar surface area (TPSA) is 22.1 Å². The first-order valence-corrected chi connectivity index (χ1v) is 11.9. The van der Waals surface area contributed by atoms with E-state index in [-0.39, 0.29) is 0 Å². The third-order valence-electron chi connectivity index (χ3n) is 5.85. The highest BCUT2D eigenvalue weighted by Gasteiger charge is 2.08. The molecule has 0 aliphatic heterocycles. The number of ether oxygens (including phenoxy) is 1. The smallest absolute Gasteiger partial charge is 0.128 e. The van der Waals surface area contributed by atoms with Crippen molar-refractivity contribution in [1.82, 2.24) is 4.98 Å². The van der Waals surface area contributed by atoms with Crippen molar-refractivity contribution < 1.29 is 4.74 Å². The number of hydrogen-bond donors (Lipinski definition) is 0. The molecule has 0 saturated carbocycles. The molecule has 0 radical (unpaired) electrons. The molecule has 160 valence electrons. The van der Waals surface area contributed by atoms with Crippen LogP contribution < -0.4 is 4.74 Å². The van der Waals surface area contributed by atoms with E-state index in [1.807, 2.05) is 6.20 Å². The minimum atomic E-state index is 0.777. The van der Waals surface area contributed by atoms with Gasteiger partial charge in [-0.3, -0.25) is 4.98 Å². The van der Waals surface area contributed by atoms with Crippen LogP contribution in [0, 0.1) is 5.92 Å². The summed E-state index contributed by atoms with van der Waals surface area (Å²) in [6, 6.07) is 12.7. The summed E-state index contributed by atoms with van der Waals surface area (Å²) in [5.41, 5.74) is 3.52. The molecule has 2 aromatic rings. The van der Waals surface area contributed by atoms with Crippen LogP contribution in [0.1, 0.15) is 90.5 Å². The second-order valence-electron chi connectivity index (χ2n) is 8.42. The monoisotopic (exact) mass is 395 g/mol. The number of para-hydroxylation sites is 1. The van der Waals surface area contributed by atoms with Gasteiger partial charge in [-0.25, -0.2) is 0 Å². The number of hydrogen-bond acceptors (Lipinski definition) is 2. The highest BCUT2D eigenvalue weighted by atomic mass is 16.5. The van der Waals surface area contributed by atoms with Crippen LogP contribution in [0.5, 0.6) is 5.75 Å². The van der Waals surface area contributed by atoms with E-state index in [1.54, 1.807) is 0 Å². The van der Waals surface area contributed by atoms with E-state index in [0.29, 0.717) is 0 Å². The predicted octanol–water partition coefficient (Wildman–Crippen LogP) is 8.25. The summed E-state index contributed by atoms with van der Waals surface area (Å²) in [7, 11) is 0. The fourth-order valence-electron chi connectivity index (χ4n) is 3.69. The Morgan fingerprint density at radius 2 is 1.66 bits per heavy atom. The largest absolute Gasteiger partial charge is 0.493 e. The molecule has 2 heteroatoms. The quantitative estimate of drug-likeness (QED) is 0.283. The average molecular weight is 396 g/mol. The minimum absolute atomic E-state index is 0.777. The molecule has 0 fully saturated rings. The molecule has 0 aliphatic carbocycles. The van der Waals surface area contributed by atoms with Crippen molar-refractivity contribution in [2.45, 2.75) is 91.4 Å². The van der Waals surface area contributed by atoms with E-state index < -0.39 is 0 Å². The summed E-state index contributed by atoms with van der Waals surface area (Å²) in [5.74, 6) is 1.73. The summed E-state index contributed by atoms with van der Waals surface area (Å²) in [6.07, 6.45) is 16.1. The minimum Gasteiger partial charge on any atom is -0.493 e. The predicted molar refractivity (Wildman–Crippen MR) is 126 cm³/mol. The van der Waals surface area contributed by atoms with Crippen molar-refractivity contribution >= 4 is 0 Å². The lowest BCUT2D eigenvalue weighted by atomic mass is 10.0. The zero-order chi connectivity index (χ0) is 20.7. The van der Waals surface area contributed by atoms with Crippen LogP contribution in [-0.2, 0) is 6.42 Å². The molecule has 0 N–H and O–H groups in total. The van der Waals surface area contributed by atoms with Gasteiger partial charge < -0.3 is 4.74 Å². The summed E-state index contributed by atoms with van der Waals surface area (Å²) in [6.45, 7) is 7.62. The molecule has 0 bridgehead atoms. The Kier molecular flexibility index (Phi) is 11.5. The van der Waals surface area contributed by atoms with Gasteiger partial charge in [-0.15, -0.1) is 0 Å². The third kappa shape index (κ3) is 9.02. The number of benzene rings is 1. The van der Waals surface area contributed by atoms with Crippen molar-refractivity contribution in [3.8, 4) is 17.0 Å². The van der Waals surface area contributed by atoms with Crippen LogP contribution in [0.25, 0.3) is 11.3 Å². The molecule has 1 heterocycles. The highest BCUT2D eigenvalue weighted by molar-refractivity contribution is 5.67. The zero-order valence-electron chi connectivity index (χ0n) is 19.0. The van der Waals surface area contributed by atoms with Gasteiger partial charge in [-0.1, -0.05) is 77.8 Å². The molecule has 0 aliphatic rings. The van der Waals surface area contributed by atoms with Gasteiger partial charge in [-0.05, 0) is 61.4 Å². The van der Waals surface area contributed by atoms with Gasteiger partial charge >= 0.3 is 0 Å². The van der Waals surface area contributed by atoms with Gasteiger partial charge in [0.05, 0.1) is 12.3 Å². The maximum absolute atomic E-state index is 6.13. The van der Waals surface area contributed by atoms with Gasteiger partial charge in [0.1, 0.15) is 5.75 Å². The normalized spacial score (nSPS) is 12.1. The number of pyridine rings is 1. The molecule has 1 aromatic carbocycles. The van der Waals surface area contributed by atoms with E-state index in [9.17, 15) is 0 Å². The van der Waals surface area contributed by atoms with Crippen molar-refractivity contribution in [2.75, 3.05) is 6.61 Å². The molecule has 0 saturated heterocycles. The van der Waals surface area contributed by atoms with Crippen LogP contribution >= 0.6 is 0 Å². The molecule has 0 spiro atoms. The lowest BCUT2D eigenvalue weighted by molar-refractivity contribution is 0.295. The average Bonchev–Trinajstić information content (AvgIpc) is 2.76. The Morgan fingerprint density at radius 1 is 0.897 bits per heavy atom. The van der Waals surface area contributed by atoms with Gasteiger partial charge in [-0.2, -0.15) is 0 Å². The van der Waals surface area contributed by atoms with E-state index >= 15 is 0 Å². The van der Waals surface area contributed by atoms with E-state index in [1.165, 1.54) is 63.4 Å². The van der Waals surface area contributed by atoms with Crippen LogP contribution in [0.3, 0.4) is 0 Å². The van der Waals surface area contributed by atoms with E-state index in [2.05, 4.69) is 62.2 Å². The maximum atomic E-state index is 6.13. The molecule has 2 rings (SSSR count). The number of nitrogens with zero attached hydrogens (tertiary/aromatic N) is 1. The van der Waals surface area contributed by atoms with Crippen LogP contribution in [-0.4, -0.2) is 11.6 Å². The standard InChI is InChI=1S/C27H41NO/c1-4-6-7-8-9-10-11-16-24-19-20-28-26(22-24)25-17-12-13-18-27(25)29-21-14-15-23(3)5-2/h12-13,17-20,22-23H,4-11,14-16,21H2,1-3H3. The fourth-order valence-corrected chi connectivity index (χ4v) is 3.69. The Balaban J connectivity index is 1.87. The second kappa shape index (κ2) is 14.2. The first-order valence-electron chi connectivity index (χ1n) is 11.9. The van der Waals surface area contributed by atoms with Gasteiger partial charge in [0.25, 0.3) is 0 Å². The number of aryl methyl sites for hydroxylation is 1. The number of unbranched alkanes of at least 4 members (excludes halogenated alkanes) is 6. The highest BCUT2D eigenvalue weighted by Crippen LogP contribution is 2.29. The summed E-state index contributed by atoms with van der Waals surface area (Å²) in [5, 5.41) is 0. The van der Waals surface area contributed by atoms with Crippen LogP contribution in [0.4, 0.5) is 0 Å². The van der Waals surface area contributed by atoms with Crippen LogP contribution in [0.2, 0.25) is 0 Å². The number of aromatic nitrogens is 1. The first-order chi connectivity index (χ1) is 14.2. The number of rotatable bonds is 15. The molecular weight excluding hydrogens is 354 g/mol. The maximum Gasteiger partial charge on any atom is 0.128 e. The van der Waals surface area contributed by atoms with Crippen LogP contribution in [0.15, 0.2) is 42.6 Å². The van der Waals surface area contributed by atoms with Gasteiger partial charge in [0.2, 0.25) is 0 Å².